The molecule has 1 saturated carbocycles. The third-order valence-electron chi connectivity index (χ3n) is 6.58. The minimum atomic E-state index is -0.201. The molecular weight excluding hydrogens is 402 g/mol. The summed E-state index contributed by atoms with van der Waals surface area (Å²) in [7, 11) is 0. The van der Waals surface area contributed by atoms with Crippen LogP contribution in [0, 0.1) is 0 Å². The number of carbonyl (C=O) groups excluding carboxylic acids is 1. The lowest BCUT2D eigenvalue weighted by atomic mass is 9.85. The maximum Gasteiger partial charge on any atom is 0.252 e. The lowest BCUT2D eigenvalue weighted by Gasteiger charge is -2.41. The van der Waals surface area contributed by atoms with Crippen molar-refractivity contribution in [2.45, 2.75) is 44.4 Å². The van der Waals surface area contributed by atoms with Crippen LogP contribution in [0.15, 0.2) is 54.6 Å². The lowest BCUT2D eigenvalue weighted by Crippen LogP contribution is -2.53. The van der Waals surface area contributed by atoms with Crippen molar-refractivity contribution < 1.29 is 14.6 Å². The molecule has 166 valence electrons. The first kappa shape index (κ1) is 20.9. The van der Waals surface area contributed by atoms with Gasteiger partial charge in [0, 0.05) is 36.1 Å². The minimum Gasteiger partial charge on any atom is -0.494 e. The van der Waals surface area contributed by atoms with Crippen LogP contribution >= 0.6 is 0 Å². The Kier molecular flexibility index (Phi) is 5.81. The van der Waals surface area contributed by atoms with Crippen LogP contribution in [0.2, 0.25) is 0 Å². The zero-order valence-electron chi connectivity index (χ0n) is 18.3. The largest absolute Gasteiger partial charge is 0.494 e. The highest BCUT2D eigenvalue weighted by molar-refractivity contribution is 6.07. The van der Waals surface area contributed by atoms with E-state index in [1.165, 1.54) is 0 Å². The van der Waals surface area contributed by atoms with Crippen LogP contribution in [0.25, 0.3) is 22.2 Å². The van der Waals surface area contributed by atoms with E-state index in [4.69, 9.17) is 9.72 Å². The number of fused-ring (bicyclic) bond motifs is 1. The summed E-state index contributed by atoms with van der Waals surface area (Å²) < 4.78 is 5.54. The Morgan fingerprint density at radius 1 is 1.19 bits per heavy atom. The molecule has 0 unspecified atom stereocenters. The van der Waals surface area contributed by atoms with Crippen LogP contribution in [0.5, 0.6) is 5.75 Å². The fourth-order valence-electron chi connectivity index (χ4n) is 4.77. The van der Waals surface area contributed by atoms with Crippen molar-refractivity contribution in [3.8, 4) is 17.0 Å². The predicted octanol–water partition coefficient (Wildman–Crippen LogP) is 3.63. The molecular formula is C26H29N3O3. The normalized spacial score (nSPS) is 23.1. The summed E-state index contributed by atoms with van der Waals surface area (Å²) in [5.41, 5.74) is 3.18. The summed E-state index contributed by atoms with van der Waals surface area (Å²) in [5, 5.41) is 13.8. The van der Waals surface area contributed by atoms with Crippen LogP contribution in [-0.2, 0) is 0 Å². The van der Waals surface area contributed by atoms with E-state index < -0.39 is 0 Å². The second kappa shape index (κ2) is 8.88. The van der Waals surface area contributed by atoms with Gasteiger partial charge >= 0.3 is 0 Å². The van der Waals surface area contributed by atoms with Gasteiger partial charge in [-0.15, -0.1) is 0 Å². The number of aromatic nitrogens is 1. The van der Waals surface area contributed by atoms with Crippen LogP contribution in [-0.4, -0.2) is 58.8 Å². The van der Waals surface area contributed by atoms with E-state index >= 15 is 0 Å². The summed E-state index contributed by atoms with van der Waals surface area (Å²) >= 11 is 0. The quantitative estimate of drug-likeness (QED) is 0.624. The first-order valence-corrected chi connectivity index (χ1v) is 11.5. The Morgan fingerprint density at radius 2 is 1.97 bits per heavy atom. The average molecular weight is 432 g/mol. The number of benzene rings is 2. The van der Waals surface area contributed by atoms with Gasteiger partial charge in [0.15, 0.2) is 0 Å². The van der Waals surface area contributed by atoms with E-state index in [1.54, 1.807) is 0 Å². The number of hydrogen-bond acceptors (Lipinski definition) is 5. The fraction of sp³-hybridized carbons (Fsp3) is 0.385. The Balaban J connectivity index is 1.35. The molecule has 5 rings (SSSR count). The number of carbonyl (C=O) groups is 1. The van der Waals surface area contributed by atoms with Gasteiger partial charge in [-0.1, -0.05) is 18.2 Å². The van der Waals surface area contributed by atoms with Crippen molar-refractivity contribution >= 4 is 16.8 Å². The Bertz CT molecular complexity index is 1110. The molecule has 1 aliphatic carbocycles. The van der Waals surface area contributed by atoms with Crippen molar-refractivity contribution in [3.63, 3.8) is 0 Å². The van der Waals surface area contributed by atoms with Gasteiger partial charge in [-0.05, 0) is 62.6 Å². The van der Waals surface area contributed by atoms with Gasteiger partial charge in [0.05, 0.1) is 29.5 Å². The van der Waals surface area contributed by atoms with Crippen molar-refractivity contribution in [3.05, 3.63) is 60.2 Å². The molecule has 32 heavy (non-hydrogen) atoms. The van der Waals surface area contributed by atoms with Crippen LogP contribution < -0.4 is 10.1 Å². The lowest BCUT2D eigenvalue weighted by molar-refractivity contribution is 0.0777. The van der Waals surface area contributed by atoms with E-state index in [0.717, 1.165) is 60.3 Å². The standard InChI is InChI=1S/C26H29N3O3/c1-2-32-21-9-7-17(8-10-21)25-15-23(22-5-3-4-6-24(22)28-25)26(31)27-18-13-19(14-18)29-12-11-20(30)16-29/h3-10,15,18-20,30H,2,11-14,16H2,1H3,(H,27,31)/t18?,19?,20-/m1/s1. The molecule has 2 fully saturated rings. The minimum absolute atomic E-state index is 0.0549. The molecule has 2 aliphatic rings. The molecule has 6 heteroatoms. The number of nitrogens with zero attached hydrogens (tertiary/aromatic N) is 2. The topological polar surface area (TPSA) is 74.7 Å². The number of likely N-dealkylation sites (tertiary alicyclic amines) is 1. The first-order chi connectivity index (χ1) is 15.6. The van der Waals surface area contributed by atoms with Crippen LogP contribution in [0.3, 0.4) is 0 Å². The van der Waals surface area contributed by atoms with Crippen molar-refractivity contribution in [1.82, 2.24) is 15.2 Å². The van der Waals surface area contributed by atoms with E-state index in [0.29, 0.717) is 18.2 Å². The highest BCUT2D eigenvalue weighted by atomic mass is 16.5. The molecule has 3 aromatic rings. The number of hydrogen-bond donors (Lipinski definition) is 2. The first-order valence-electron chi connectivity index (χ1n) is 11.5. The summed E-state index contributed by atoms with van der Waals surface area (Å²) in [4.78, 5) is 20.4. The highest BCUT2D eigenvalue weighted by Gasteiger charge is 2.37. The number of β-amino-alcohol motifs (C(OH)–C–C–N with tert-alkyl or cyclic N) is 1. The van der Waals surface area contributed by atoms with E-state index in [2.05, 4.69) is 10.2 Å². The predicted molar refractivity (Wildman–Crippen MR) is 125 cm³/mol. The maximum atomic E-state index is 13.3. The van der Waals surface area contributed by atoms with Crippen molar-refractivity contribution in [1.29, 1.82) is 0 Å². The highest BCUT2D eigenvalue weighted by Crippen LogP contribution is 2.30. The number of aliphatic hydroxyl groups excluding tert-OH is 1. The third kappa shape index (κ3) is 4.20. The van der Waals surface area contributed by atoms with Gasteiger partial charge in [-0.2, -0.15) is 0 Å². The fourth-order valence-corrected chi connectivity index (χ4v) is 4.77. The number of nitrogens with one attached hydrogen (secondary N) is 1. The van der Waals surface area contributed by atoms with E-state index in [-0.39, 0.29) is 18.1 Å². The molecule has 0 bridgehead atoms. The van der Waals surface area contributed by atoms with Gasteiger partial charge in [-0.3, -0.25) is 9.69 Å². The zero-order valence-corrected chi connectivity index (χ0v) is 18.3. The van der Waals surface area contributed by atoms with Gasteiger partial charge in [-0.25, -0.2) is 4.98 Å². The van der Waals surface area contributed by atoms with Crippen molar-refractivity contribution in [2.75, 3.05) is 19.7 Å². The molecule has 2 heterocycles. The number of amides is 1. The van der Waals surface area contributed by atoms with Crippen LogP contribution in [0.4, 0.5) is 0 Å². The number of rotatable bonds is 6. The maximum absolute atomic E-state index is 13.3. The zero-order chi connectivity index (χ0) is 22.1. The Labute approximate surface area is 188 Å². The average Bonchev–Trinajstić information content (AvgIpc) is 3.21. The molecule has 2 aromatic carbocycles. The van der Waals surface area contributed by atoms with Gasteiger partial charge < -0.3 is 15.2 Å². The van der Waals surface area contributed by atoms with Crippen LogP contribution in [0.1, 0.15) is 36.5 Å². The summed E-state index contributed by atoms with van der Waals surface area (Å²) in [6.45, 7) is 4.29. The second-order valence-electron chi connectivity index (χ2n) is 8.76. The summed E-state index contributed by atoms with van der Waals surface area (Å²) in [5.74, 6) is 0.765. The molecule has 0 radical (unpaired) electrons. The van der Waals surface area contributed by atoms with E-state index in [1.807, 2.05) is 61.5 Å². The smallest absolute Gasteiger partial charge is 0.252 e. The van der Waals surface area contributed by atoms with Gasteiger partial charge in [0.25, 0.3) is 5.91 Å². The number of ether oxygens (including phenoxy) is 1. The Hall–Kier alpha value is -2.96. The molecule has 0 spiro atoms. The second-order valence-corrected chi connectivity index (χ2v) is 8.76. The monoisotopic (exact) mass is 431 g/mol. The number of pyridine rings is 1. The van der Waals surface area contributed by atoms with Gasteiger partial charge in [0.2, 0.25) is 0 Å². The van der Waals surface area contributed by atoms with E-state index in [9.17, 15) is 9.90 Å². The Morgan fingerprint density at radius 3 is 2.69 bits per heavy atom. The molecule has 1 atom stereocenters. The van der Waals surface area contributed by atoms with Gasteiger partial charge in [0.1, 0.15) is 5.75 Å². The molecule has 1 aliphatic heterocycles. The molecule has 6 nitrogen and oxygen atoms in total. The molecule has 2 N–H and O–H groups in total. The summed E-state index contributed by atoms with van der Waals surface area (Å²) in [6.07, 6.45) is 2.53. The molecule has 1 amide bonds. The summed E-state index contributed by atoms with van der Waals surface area (Å²) in [6, 6.07) is 18.1. The third-order valence-corrected chi connectivity index (χ3v) is 6.58. The SMILES string of the molecule is CCOc1ccc(-c2cc(C(=O)NC3CC(N4CC[C@@H](O)C4)C3)c3ccccc3n2)cc1. The number of para-hydroxylation sites is 1. The molecule has 1 saturated heterocycles. The number of aliphatic hydroxyl groups is 1. The van der Waals surface area contributed by atoms with Crippen molar-refractivity contribution in [2.24, 2.45) is 0 Å². The molecule has 1 aromatic heterocycles.